The molecule has 0 aliphatic carbocycles. The smallest absolute Gasteiger partial charge is 0.352 e. The molecule has 1 aromatic carbocycles. The lowest BCUT2D eigenvalue weighted by Gasteiger charge is -2.13. The number of carboxylic acid groups (broad SMARTS) is 1. The maximum Gasteiger partial charge on any atom is 0.352 e. The van der Waals surface area contributed by atoms with E-state index in [0.29, 0.717) is 17.1 Å². The second-order valence-corrected chi connectivity index (χ2v) is 5.23. The fourth-order valence-electron chi connectivity index (χ4n) is 1.67. The lowest BCUT2D eigenvalue weighted by molar-refractivity contribution is -0.134. The minimum absolute atomic E-state index is 0.254. The molecule has 1 aromatic rings. The second-order valence-electron chi connectivity index (χ2n) is 4.82. The highest BCUT2D eigenvalue weighted by Crippen LogP contribution is 2.37. The number of hydrogen-bond donors (Lipinski definition) is 2. The molecular formula is C16H18ClNO5. The molecule has 0 aliphatic heterocycles. The average Bonchev–Trinajstić information content (AvgIpc) is 2.44. The lowest BCUT2D eigenvalue weighted by atomic mass is 10.1. The fourth-order valence-corrected chi connectivity index (χ4v) is 1.94. The molecule has 0 bridgehead atoms. The van der Waals surface area contributed by atoms with Crippen molar-refractivity contribution in [3.63, 3.8) is 0 Å². The summed E-state index contributed by atoms with van der Waals surface area (Å²) >= 11 is 6.17. The van der Waals surface area contributed by atoms with E-state index < -0.39 is 11.9 Å². The zero-order chi connectivity index (χ0) is 17.6. The number of halogens is 1. The summed E-state index contributed by atoms with van der Waals surface area (Å²) in [6.07, 6.45) is 1.28. The largest absolute Gasteiger partial charge is 0.493 e. The molecule has 2 N–H and O–H groups in total. The molecule has 0 saturated carbocycles. The number of carbonyl (C=O) groups is 2. The van der Waals surface area contributed by atoms with Crippen LogP contribution in [0.2, 0.25) is 5.02 Å². The van der Waals surface area contributed by atoms with Crippen molar-refractivity contribution in [3.05, 3.63) is 40.6 Å². The number of carbonyl (C=O) groups excluding carboxylic acids is 1. The van der Waals surface area contributed by atoms with Crippen LogP contribution in [0.4, 0.5) is 0 Å². The number of benzene rings is 1. The predicted molar refractivity (Wildman–Crippen MR) is 87.7 cm³/mol. The summed E-state index contributed by atoms with van der Waals surface area (Å²) in [6, 6.07) is 3.08. The van der Waals surface area contributed by atoms with Crippen molar-refractivity contribution in [3.8, 4) is 11.5 Å². The Balaban J connectivity index is 3.23. The normalized spacial score (nSPS) is 10.9. The first-order chi connectivity index (χ1) is 10.7. The van der Waals surface area contributed by atoms with Gasteiger partial charge >= 0.3 is 5.97 Å². The Labute approximate surface area is 139 Å². The summed E-state index contributed by atoms with van der Waals surface area (Å²) in [6.45, 7) is 7.04. The lowest BCUT2D eigenvalue weighted by Crippen LogP contribution is -2.24. The summed E-state index contributed by atoms with van der Waals surface area (Å²) in [5.41, 5.74) is 0.984. The SMILES string of the molecule is C=C(C)COc1c(Cl)cc(C=C(NC(C)=O)C(=O)O)cc1OC. The summed E-state index contributed by atoms with van der Waals surface area (Å²) in [5, 5.41) is 11.6. The Hall–Kier alpha value is -2.47. The molecule has 0 aromatic heterocycles. The van der Waals surface area contributed by atoms with Crippen molar-refractivity contribution in [2.75, 3.05) is 13.7 Å². The van der Waals surface area contributed by atoms with Crippen LogP contribution >= 0.6 is 11.6 Å². The van der Waals surface area contributed by atoms with E-state index in [1.54, 1.807) is 6.07 Å². The summed E-state index contributed by atoms with van der Waals surface area (Å²) < 4.78 is 10.7. The van der Waals surface area contributed by atoms with Crippen LogP contribution < -0.4 is 14.8 Å². The average molecular weight is 340 g/mol. The summed E-state index contributed by atoms with van der Waals surface area (Å²) in [4.78, 5) is 22.2. The Morgan fingerprint density at radius 3 is 2.52 bits per heavy atom. The maximum absolute atomic E-state index is 11.1. The van der Waals surface area contributed by atoms with Gasteiger partial charge in [-0.25, -0.2) is 4.79 Å². The first-order valence-electron chi connectivity index (χ1n) is 6.62. The van der Waals surface area contributed by atoms with E-state index in [4.69, 9.17) is 26.2 Å². The van der Waals surface area contributed by atoms with Gasteiger partial charge in [0.2, 0.25) is 5.91 Å². The van der Waals surface area contributed by atoms with E-state index in [1.165, 1.54) is 26.2 Å². The van der Waals surface area contributed by atoms with Crippen molar-refractivity contribution >= 4 is 29.6 Å². The minimum Gasteiger partial charge on any atom is -0.493 e. The highest BCUT2D eigenvalue weighted by Gasteiger charge is 2.14. The van der Waals surface area contributed by atoms with Gasteiger partial charge in [-0.2, -0.15) is 0 Å². The van der Waals surface area contributed by atoms with Gasteiger partial charge in [-0.15, -0.1) is 0 Å². The molecule has 1 rings (SSSR count). The van der Waals surface area contributed by atoms with Gasteiger partial charge in [0.05, 0.1) is 12.1 Å². The number of hydrogen-bond acceptors (Lipinski definition) is 4. The molecule has 23 heavy (non-hydrogen) atoms. The Kier molecular flexibility index (Phi) is 6.65. The minimum atomic E-state index is -1.27. The topological polar surface area (TPSA) is 84.9 Å². The molecule has 7 heteroatoms. The fraction of sp³-hybridized carbons (Fsp3) is 0.250. The summed E-state index contributed by atoms with van der Waals surface area (Å²) in [7, 11) is 1.44. The van der Waals surface area contributed by atoms with Crippen molar-refractivity contribution in [1.29, 1.82) is 0 Å². The molecule has 124 valence electrons. The third-order valence-electron chi connectivity index (χ3n) is 2.57. The number of nitrogens with one attached hydrogen (secondary N) is 1. The van der Waals surface area contributed by atoms with Gasteiger partial charge in [0.1, 0.15) is 12.3 Å². The third kappa shape index (κ3) is 5.67. The Morgan fingerprint density at radius 1 is 1.39 bits per heavy atom. The van der Waals surface area contributed by atoms with Gasteiger partial charge < -0.3 is 19.9 Å². The van der Waals surface area contributed by atoms with E-state index in [2.05, 4.69) is 11.9 Å². The van der Waals surface area contributed by atoms with Crippen LogP contribution in [0.3, 0.4) is 0 Å². The molecule has 0 unspecified atom stereocenters. The zero-order valence-electron chi connectivity index (χ0n) is 13.1. The van der Waals surface area contributed by atoms with Crippen LogP contribution in [0.1, 0.15) is 19.4 Å². The van der Waals surface area contributed by atoms with Gasteiger partial charge in [-0.3, -0.25) is 4.79 Å². The van der Waals surface area contributed by atoms with E-state index in [-0.39, 0.29) is 17.3 Å². The van der Waals surface area contributed by atoms with Crippen LogP contribution in [-0.4, -0.2) is 30.7 Å². The Bertz CT molecular complexity index is 667. The molecule has 0 spiro atoms. The molecule has 0 radical (unpaired) electrons. The highest BCUT2D eigenvalue weighted by molar-refractivity contribution is 6.32. The van der Waals surface area contributed by atoms with E-state index in [1.807, 2.05) is 6.92 Å². The van der Waals surface area contributed by atoms with Gasteiger partial charge in [0, 0.05) is 6.92 Å². The standard InChI is InChI=1S/C16H18ClNO5/c1-9(2)8-23-15-12(17)5-11(7-14(15)22-4)6-13(16(20)21)18-10(3)19/h5-7H,1,8H2,2-4H3,(H,18,19)(H,20,21). The number of aliphatic carboxylic acids is 1. The van der Waals surface area contributed by atoms with Gasteiger partial charge in [-0.05, 0) is 36.3 Å². The predicted octanol–water partition coefficient (Wildman–Crippen LogP) is 2.87. The van der Waals surface area contributed by atoms with Gasteiger partial charge in [-0.1, -0.05) is 18.2 Å². The maximum atomic E-state index is 11.1. The van der Waals surface area contributed by atoms with E-state index >= 15 is 0 Å². The van der Waals surface area contributed by atoms with Crippen LogP contribution in [0.15, 0.2) is 30.0 Å². The first-order valence-corrected chi connectivity index (χ1v) is 6.99. The molecule has 0 saturated heterocycles. The highest BCUT2D eigenvalue weighted by atomic mass is 35.5. The number of ether oxygens (including phenoxy) is 2. The van der Waals surface area contributed by atoms with Crippen molar-refractivity contribution < 1.29 is 24.2 Å². The van der Waals surface area contributed by atoms with Crippen LogP contribution in [-0.2, 0) is 9.59 Å². The zero-order valence-corrected chi connectivity index (χ0v) is 13.9. The first kappa shape index (κ1) is 18.6. The molecular weight excluding hydrogens is 322 g/mol. The molecule has 0 fully saturated rings. The van der Waals surface area contributed by atoms with Crippen molar-refractivity contribution in [2.24, 2.45) is 0 Å². The molecule has 1 amide bonds. The van der Waals surface area contributed by atoms with Crippen molar-refractivity contribution in [2.45, 2.75) is 13.8 Å². The quantitative estimate of drug-likeness (QED) is 0.589. The number of carboxylic acids is 1. The van der Waals surface area contributed by atoms with Crippen molar-refractivity contribution in [1.82, 2.24) is 5.32 Å². The monoisotopic (exact) mass is 339 g/mol. The van der Waals surface area contributed by atoms with E-state index in [9.17, 15) is 9.59 Å². The van der Waals surface area contributed by atoms with Gasteiger partial charge in [0.25, 0.3) is 0 Å². The van der Waals surface area contributed by atoms with Crippen LogP contribution in [0.25, 0.3) is 6.08 Å². The van der Waals surface area contributed by atoms with E-state index in [0.717, 1.165) is 5.57 Å². The van der Waals surface area contributed by atoms with Gasteiger partial charge in [0.15, 0.2) is 11.5 Å². The number of rotatable bonds is 7. The third-order valence-corrected chi connectivity index (χ3v) is 2.85. The molecule has 0 aliphatic rings. The molecule has 6 nitrogen and oxygen atoms in total. The summed E-state index contributed by atoms with van der Waals surface area (Å²) in [5.74, 6) is -1.07. The second kappa shape index (κ2) is 8.24. The number of methoxy groups -OCH3 is 1. The van der Waals surface area contributed by atoms with Crippen LogP contribution in [0, 0.1) is 0 Å². The number of amides is 1. The Morgan fingerprint density at radius 2 is 2.04 bits per heavy atom. The molecule has 0 atom stereocenters. The molecule has 0 heterocycles. The van der Waals surface area contributed by atoms with Crippen LogP contribution in [0.5, 0.6) is 11.5 Å².